The smallest absolute Gasteiger partial charge is 0.315 e. The average molecular weight is 447 g/mol. The Morgan fingerprint density at radius 1 is 1.16 bits per heavy atom. The van der Waals surface area contributed by atoms with Gasteiger partial charge >= 0.3 is 6.03 Å². The SMILES string of the molecule is CCOc1ccc(N2C[C@H](NC(=O)NCCc3ccc(S(N)(=O)=O)cc3)CC2=O)cc1. The van der Waals surface area contributed by atoms with Crippen molar-refractivity contribution in [1.82, 2.24) is 10.6 Å². The minimum absolute atomic E-state index is 0.0462. The summed E-state index contributed by atoms with van der Waals surface area (Å²) < 4.78 is 28.0. The Morgan fingerprint density at radius 2 is 1.84 bits per heavy atom. The Morgan fingerprint density at radius 3 is 2.45 bits per heavy atom. The minimum atomic E-state index is -3.72. The van der Waals surface area contributed by atoms with Gasteiger partial charge in [-0.2, -0.15) is 0 Å². The number of sulfonamides is 1. The summed E-state index contributed by atoms with van der Waals surface area (Å²) in [6, 6.07) is 12.8. The third kappa shape index (κ3) is 6.19. The maximum Gasteiger partial charge on any atom is 0.315 e. The molecule has 0 aliphatic carbocycles. The molecule has 1 aliphatic rings. The maximum absolute atomic E-state index is 12.3. The predicted molar refractivity (Wildman–Crippen MR) is 116 cm³/mol. The first-order valence-corrected chi connectivity index (χ1v) is 11.5. The molecule has 0 spiro atoms. The van der Waals surface area contributed by atoms with Gasteiger partial charge in [-0.05, 0) is 55.3 Å². The second-order valence-corrected chi connectivity index (χ2v) is 8.73. The molecule has 2 aromatic rings. The number of carbonyl (C=O) groups is 2. The van der Waals surface area contributed by atoms with Gasteiger partial charge < -0.3 is 20.3 Å². The Hall–Kier alpha value is -3.11. The quantitative estimate of drug-likeness (QED) is 0.564. The molecule has 3 amide bonds. The fraction of sp³-hybridized carbons (Fsp3) is 0.333. The van der Waals surface area contributed by atoms with Gasteiger partial charge in [0.05, 0.1) is 17.5 Å². The van der Waals surface area contributed by atoms with Crippen molar-refractivity contribution in [2.45, 2.75) is 30.7 Å². The molecule has 0 saturated carbocycles. The molecule has 2 aromatic carbocycles. The van der Waals surface area contributed by atoms with Crippen LogP contribution < -0.4 is 25.4 Å². The Kier molecular flexibility index (Phi) is 7.13. The lowest BCUT2D eigenvalue weighted by atomic mass is 10.1. The molecule has 0 aromatic heterocycles. The minimum Gasteiger partial charge on any atom is -0.494 e. The lowest BCUT2D eigenvalue weighted by molar-refractivity contribution is -0.117. The van der Waals surface area contributed by atoms with Gasteiger partial charge in [0.1, 0.15) is 5.75 Å². The van der Waals surface area contributed by atoms with E-state index in [9.17, 15) is 18.0 Å². The van der Waals surface area contributed by atoms with Gasteiger partial charge in [-0.1, -0.05) is 12.1 Å². The van der Waals surface area contributed by atoms with Crippen LogP contribution >= 0.6 is 0 Å². The van der Waals surface area contributed by atoms with Crippen LogP contribution in [-0.4, -0.2) is 46.1 Å². The highest BCUT2D eigenvalue weighted by atomic mass is 32.2. The van der Waals surface area contributed by atoms with Crippen LogP contribution in [-0.2, 0) is 21.2 Å². The molecule has 9 nitrogen and oxygen atoms in total. The van der Waals surface area contributed by atoms with E-state index >= 15 is 0 Å². The number of hydrogen-bond acceptors (Lipinski definition) is 5. The molecule has 4 N–H and O–H groups in total. The zero-order valence-electron chi connectivity index (χ0n) is 17.2. The fourth-order valence-corrected chi connectivity index (χ4v) is 3.86. The molecule has 1 heterocycles. The molecule has 31 heavy (non-hydrogen) atoms. The van der Waals surface area contributed by atoms with Gasteiger partial charge in [0.15, 0.2) is 0 Å². The molecule has 0 bridgehead atoms. The van der Waals surface area contributed by atoms with Crippen LogP contribution in [0.1, 0.15) is 18.9 Å². The van der Waals surface area contributed by atoms with Crippen molar-refractivity contribution in [2.24, 2.45) is 5.14 Å². The van der Waals surface area contributed by atoms with Gasteiger partial charge in [-0.15, -0.1) is 0 Å². The highest BCUT2D eigenvalue weighted by Crippen LogP contribution is 2.24. The van der Waals surface area contributed by atoms with E-state index < -0.39 is 10.0 Å². The molecule has 10 heteroatoms. The van der Waals surface area contributed by atoms with Crippen LogP contribution in [0.25, 0.3) is 0 Å². The number of nitrogens with two attached hydrogens (primary N) is 1. The van der Waals surface area contributed by atoms with E-state index in [4.69, 9.17) is 9.88 Å². The summed E-state index contributed by atoms with van der Waals surface area (Å²) in [4.78, 5) is 26.2. The van der Waals surface area contributed by atoms with Gasteiger partial charge in [-0.25, -0.2) is 18.4 Å². The normalized spacial score (nSPS) is 16.3. The number of anilines is 1. The molecule has 0 radical (unpaired) electrons. The summed E-state index contributed by atoms with van der Waals surface area (Å²) >= 11 is 0. The molecule has 0 unspecified atom stereocenters. The molecule has 166 valence electrons. The lowest BCUT2D eigenvalue weighted by Crippen LogP contribution is -2.43. The van der Waals surface area contributed by atoms with Gasteiger partial charge in [0, 0.05) is 25.2 Å². The van der Waals surface area contributed by atoms with Gasteiger partial charge in [-0.3, -0.25) is 4.79 Å². The monoisotopic (exact) mass is 446 g/mol. The van der Waals surface area contributed by atoms with Crippen LogP contribution in [0.2, 0.25) is 0 Å². The van der Waals surface area contributed by atoms with Gasteiger partial charge in [0.2, 0.25) is 15.9 Å². The zero-order valence-corrected chi connectivity index (χ0v) is 18.0. The van der Waals surface area contributed by atoms with Gasteiger partial charge in [0.25, 0.3) is 0 Å². The first kappa shape index (κ1) is 22.6. The van der Waals surface area contributed by atoms with E-state index in [1.54, 1.807) is 17.0 Å². The predicted octanol–water partition coefficient (Wildman–Crippen LogP) is 1.38. The van der Waals surface area contributed by atoms with Crippen molar-refractivity contribution in [3.05, 3.63) is 54.1 Å². The Bertz CT molecular complexity index is 1020. The van der Waals surface area contributed by atoms with Crippen LogP contribution in [0.3, 0.4) is 0 Å². The molecular formula is C21H26N4O5S. The topological polar surface area (TPSA) is 131 Å². The maximum atomic E-state index is 12.3. The number of hydrogen-bond donors (Lipinski definition) is 3. The Labute approximate surface area is 181 Å². The highest BCUT2D eigenvalue weighted by Gasteiger charge is 2.31. The van der Waals surface area contributed by atoms with Crippen molar-refractivity contribution < 1.29 is 22.7 Å². The highest BCUT2D eigenvalue weighted by molar-refractivity contribution is 7.89. The number of urea groups is 1. The summed E-state index contributed by atoms with van der Waals surface area (Å²) in [5.41, 5.74) is 1.63. The van der Waals surface area contributed by atoms with E-state index in [0.717, 1.165) is 17.0 Å². The second-order valence-electron chi connectivity index (χ2n) is 7.17. The number of carbonyl (C=O) groups excluding carboxylic acids is 2. The number of benzene rings is 2. The summed E-state index contributed by atoms with van der Waals surface area (Å²) in [7, 11) is -3.72. The van der Waals surface area contributed by atoms with Crippen molar-refractivity contribution >= 4 is 27.6 Å². The molecular weight excluding hydrogens is 420 g/mol. The standard InChI is InChI=1S/C21H26N4O5S/c1-2-30-18-7-5-17(6-8-18)25-14-16(13-20(25)26)24-21(27)23-12-11-15-3-9-19(10-4-15)31(22,28)29/h3-10,16H,2,11-14H2,1H3,(H2,22,28,29)(H2,23,24,27)/t16-/m1/s1. The third-order valence-electron chi connectivity index (χ3n) is 4.87. The van der Waals surface area contributed by atoms with Crippen molar-refractivity contribution in [3.63, 3.8) is 0 Å². The van der Waals surface area contributed by atoms with Crippen LogP contribution in [0, 0.1) is 0 Å². The van der Waals surface area contributed by atoms with Crippen molar-refractivity contribution in [2.75, 3.05) is 24.6 Å². The number of ether oxygens (including phenoxy) is 1. The Balaban J connectivity index is 1.45. The van der Waals surface area contributed by atoms with Crippen LogP contribution in [0.5, 0.6) is 5.75 Å². The lowest BCUT2D eigenvalue weighted by Gasteiger charge is -2.18. The zero-order chi connectivity index (χ0) is 22.4. The third-order valence-corrected chi connectivity index (χ3v) is 5.80. The number of primary sulfonamides is 1. The van der Waals surface area contributed by atoms with Crippen LogP contribution in [0.15, 0.2) is 53.4 Å². The summed E-state index contributed by atoms with van der Waals surface area (Å²) in [6.45, 7) is 3.24. The molecule has 3 rings (SSSR count). The summed E-state index contributed by atoms with van der Waals surface area (Å²) in [5.74, 6) is 0.690. The molecule has 1 fully saturated rings. The fourth-order valence-electron chi connectivity index (χ4n) is 3.35. The van der Waals surface area contributed by atoms with Crippen molar-refractivity contribution in [3.8, 4) is 5.75 Å². The van der Waals surface area contributed by atoms with E-state index in [1.807, 2.05) is 31.2 Å². The van der Waals surface area contributed by atoms with E-state index in [2.05, 4.69) is 10.6 Å². The number of amides is 3. The van der Waals surface area contributed by atoms with Crippen molar-refractivity contribution in [1.29, 1.82) is 0 Å². The number of nitrogens with one attached hydrogen (secondary N) is 2. The summed E-state index contributed by atoms with van der Waals surface area (Å²) in [6.07, 6.45) is 0.760. The van der Waals surface area contributed by atoms with E-state index in [0.29, 0.717) is 26.1 Å². The molecule has 1 aliphatic heterocycles. The molecule has 1 saturated heterocycles. The average Bonchev–Trinajstić information content (AvgIpc) is 3.08. The second kappa shape index (κ2) is 9.80. The van der Waals surface area contributed by atoms with Crippen LogP contribution in [0.4, 0.5) is 10.5 Å². The first-order valence-electron chi connectivity index (χ1n) is 9.95. The number of nitrogens with zero attached hydrogens (tertiary/aromatic N) is 1. The first-order chi connectivity index (χ1) is 14.8. The molecule has 1 atom stereocenters. The summed E-state index contributed by atoms with van der Waals surface area (Å²) in [5, 5.41) is 10.7. The number of rotatable bonds is 8. The van der Waals surface area contributed by atoms with E-state index in [1.165, 1.54) is 12.1 Å². The van der Waals surface area contributed by atoms with E-state index in [-0.39, 0.29) is 29.3 Å². The largest absolute Gasteiger partial charge is 0.494 e.